The van der Waals surface area contributed by atoms with Gasteiger partial charge in [0.1, 0.15) is 5.84 Å². The first-order valence-corrected chi connectivity index (χ1v) is 8.53. The number of benzene rings is 1. The second-order valence-corrected chi connectivity index (χ2v) is 6.88. The second kappa shape index (κ2) is 5.55. The molecule has 2 heterocycles. The zero-order valence-corrected chi connectivity index (χ0v) is 14.2. The van der Waals surface area contributed by atoms with Crippen LogP contribution in [0, 0.1) is 12.8 Å². The molecular weight excluding hydrogens is 296 g/mol. The molecule has 1 aromatic heterocycles. The minimum atomic E-state index is -0.528. The Morgan fingerprint density at radius 2 is 1.88 bits per heavy atom. The van der Waals surface area contributed by atoms with Gasteiger partial charge in [-0.1, -0.05) is 24.6 Å². The average Bonchev–Trinajstić information content (AvgIpc) is 2.82. The first-order chi connectivity index (χ1) is 11.6. The van der Waals surface area contributed by atoms with Gasteiger partial charge in [0, 0.05) is 29.4 Å². The molecule has 0 radical (unpaired) electrons. The number of amidine groups is 1. The van der Waals surface area contributed by atoms with Crippen LogP contribution in [0.2, 0.25) is 0 Å². The number of aromatic nitrogens is 1. The minimum Gasteiger partial charge on any atom is -0.382 e. The molecule has 1 fully saturated rings. The number of hydrogen-bond donors (Lipinski definition) is 1. The lowest BCUT2D eigenvalue weighted by molar-refractivity contribution is 0.179. The van der Waals surface area contributed by atoms with Crippen molar-refractivity contribution in [2.24, 2.45) is 21.6 Å². The van der Waals surface area contributed by atoms with Crippen LogP contribution in [-0.2, 0) is 5.66 Å². The van der Waals surface area contributed by atoms with E-state index in [4.69, 9.17) is 15.7 Å². The van der Waals surface area contributed by atoms with E-state index in [1.807, 2.05) is 19.3 Å². The maximum Gasteiger partial charge on any atom is 0.181 e. The summed E-state index contributed by atoms with van der Waals surface area (Å²) in [5.74, 6) is 1.02. The Morgan fingerprint density at radius 1 is 1.04 bits per heavy atom. The van der Waals surface area contributed by atoms with Gasteiger partial charge in [0.2, 0.25) is 0 Å². The normalized spacial score (nSPS) is 23.6. The van der Waals surface area contributed by atoms with Crippen molar-refractivity contribution >= 4 is 11.5 Å². The molecular formula is C20H22N4. The van der Waals surface area contributed by atoms with Gasteiger partial charge < -0.3 is 5.73 Å². The van der Waals surface area contributed by atoms with Crippen molar-refractivity contribution in [3.8, 4) is 11.1 Å². The zero-order valence-electron chi connectivity index (χ0n) is 14.2. The Morgan fingerprint density at radius 3 is 2.50 bits per heavy atom. The molecule has 2 aromatic rings. The molecule has 2 aliphatic rings. The Labute approximate surface area is 142 Å². The first-order valence-electron chi connectivity index (χ1n) is 8.53. The molecule has 2 N–H and O–H groups in total. The summed E-state index contributed by atoms with van der Waals surface area (Å²) in [6, 6.07) is 10.7. The highest BCUT2D eigenvalue weighted by molar-refractivity contribution is 6.41. The van der Waals surface area contributed by atoms with Crippen LogP contribution in [-0.4, -0.2) is 16.5 Å². The molecule has 24 heavy (non-hydrogen) atoms. The number of hydrogen-bond acceptors (Lipinski definition) is 4. The van der Waals surface area contributed by atoms with Crippen LogP contribution in [0.3, 0.4) is 0 Å². The molecule has 0 bridgehead atoms. The molecule has 0 spiro atoms. The van der Waals surface area contributed by atoms with Crippen LogP contribution >= 0.6 is 0 Å². The molecule has 4 heteroatoms. The molecule has 0 saturated heterocycles. The number of nitrogens with zero attached hydrogens (tertiary/aromatic N) is 3. The van der Waals surface area contributed by atoms with Crippen molar-refractivity contribution in [3.05, 3.63) is 53.9 Å². The highest BCUT2D eigenvalue weighted by Gasteiger charge is 2.46. The highest BCUT2D eigenvalue weighted by Crippen LogP contribution is 2.48. The minimum absolute atomic E-state index is 0.444. The molecule has 1 atom stereocenters. The van der Waals surface area contributed by atoms with E-state index in [1.54, 1.807) is 0 Å². The first kappa shape index (κ1) is 15.1. The predicted molar refractivity (Wildman–Crippen MR) is 98.2 cm³/mol. The largest absolute Gasteiger partial charge is 0.382 e. The fourth-order valence-electron chi connectivity index (χ4n) is 3.60. The average molecular weight is 318 g/mol. The Hall–Kier alpha value is -2.49. The third kappa shape index (κ3) is 2.33. The maximum atomic E-state index is 6.09. The Bertz CT molecular complexity index is 828. The molecule has 0 amide bonds. The van der Waals surface area contributed by atoms with E-state index in [2.05, 4.69) is 42.2 Å². The number of aryl methyl sites for hydroxylation is 1. The summed E-state index contributed by atoms with van der Waals surface area (Å²) >= 11 is 0. The molecule has 1 unspecified atom stereocenters. The maximum absolute atomic E-state index is 6.09. The standard InChI is InChI=1S/C20H22N4/c1-13-9-16(12-22-11-13)15-5-3-8-18(10-15)20(17-6-4-7-17)23-14(2)19(21)24-20/h3,5,8-12,17H,4,6-7H2,1-2H3,(H2,21,24). The number of nitrogens with two attached hydrogens (primary N) is 1. The SMILES string of the molecule is CC1=NC(c2cccc(-c3cncc(C)c3)c2)(C2CCC2)N=C1N. The quantitative estimate of drug-likeness (QED) is 0.934. The van der Waals surface area contributed by atoms with Gasteiger partial charge in [-0.05, 0) is 49.9 Å². The second-order valence-electron chi connectivity index (χ2n) is 6.88. The third-order valence-corrected chi connectivity index (χ3v) is 5.17. The van der Waals surface area contributed by atoms with Crippen molar-refractivity contribution < 1.29 is 0 Å². The van der Waals surface area contributed by atoms with Crippen molar-refractivity contribution in [1.29, 1.82) is 0 Å². The van der Waals surface area contributed by atoms with Gasteiger partial charge in [-0.15, -0.1) is 0 Å². The summed E-state index contributed by atoms with van der Waals surface area (Å²) in [5, 5.41) is 0. The molecule has 4 nitrogen and oxygen atoms in total. The molecule has 122 valence electrons. The van der Waals surface area contributed by atoms with Gasteiger partial charge in [0.05, 0.1) is 5.71 Å². The van der Waals surface area contributed by atoms with Crippen molar-refractivity contribution in [2.45, 2.75) is 38.8 Å². The Kier molecular flexibility index (Phi) is 3.48. The van der Waals surface area contributed by atoms with E-state index in [0.717, 1.165) is 40.8 Å². The van der Waals surface area contributed by atoms with Crippen LogP contribution in [0.25, 0.3) is 11.1 Å². The van der Waals surface area contributed by atoms with E-state index in [9.17, 15) is 0 Å². The van der Waals surface area contributed by atoms with Gasteiger partial charge in [0.15, 0.2) is 5.66 Å². The summed E-state index contributed by atoms with van der Waals surface area (Å²) in [4.78, 5) is 14.1. The third-order valence-electron chi connectivity index (χ3n) is 5.17. The fourth-order valence-corrected chi connectivity index (χ4v) is 3.60. The lowest BCUT2D eigenvalue weighted by Gasteiger charge is -2.38. The monoisotopic (exact) mass is 318 g/mol. The molecule has 1 aliphatic heterocycles. The van der Waals surface area contributed by atoms with Crippen molar-refractivity contribution in [2.75, 3.05) is 0 Å². The van der Waals surface area contributed by atoms with Gasteiger partial charge in [-0.3, -0.25) is 9.98 Å². The van der Waals surface area contributed by atoms with Gasteiger partial charge in [-0.25, -0.2) is 4.99 Å². The van der Waals surface area contributed by atoms with E-state index in [1.165, 1.54) is 6.42 Å². The van der Waals surface area contributed by atoms with E-state index < -0.39 is 5.66 Å². The fraction of sp³-hybridized carbons (Fsp3) is 0.350. The molecule has 1 saturated carbocycles. The topological polar surface area (TPSA) is 63.6 Å². The van der Waals surface area contributed by atoms with Crippen LogP contribution < -0.4 is 5.73 Å². The summed E-state index contributed by atoms with van der Waals surface area (Å²) in [5.41, 5.74) is 11.0. The number of pyridine rings is 1. The van der Waals surface area contributed by atoms with Crippen LogP contribution in [0.15, 0.2) is 52.7 Å². The lowest BCUT2D eigenvalue weighted by atomic mass is 9.73. The number of rotatable bonds is 3. The summed E-state index contributed by atoms with van der Waals surface area (Å²) in [6.07, 6.45) is 7.34. The molecule has 1 aliphatic carbocycles. The highest BCUT2D eigenvalue weighted by atomic mass is 15.2. The van der Waals surface area contributed by atoms with E-state index >= 15 is 0 Å². The summed E-state index contributed by atoms with van der Waals surface area (Å²) < 4.78 is 0. The van der Waals surface area contributed by atoms with Crippen LogP contribution in [0.5, 0.6) is 0 Å². The molecule has 1 aromatic carbocycles. The van der Waals surface area contributed by atoms with Gasteiger partial charge >= 0.3 is 0 Å². The van der Waals surface area contributed by atoms with Crippen molar-refractivity contribution in [1.82, 2.24) is 4.98 Å². The Balaban J connectivity index is 1.82. The smallest absolute Gasteiger partial charge is 0.181 e. The van der Waals surface area contributed by atoms with Crippen LogP contribution in [0.4, 0.5) is 0 Å². The van der Waals surface area contributed by atoms with E-state index in [0.29, 0.717) is 11.8 Å². The summed E-state index contributed by atoms with van der Waals surface area (Å²) in [6.45, 7) is 4.01. The van der Waals surface area contributed by atoms with Crippen LogP contribution in [0.1, 0.15) is 37.3 Å². The van der Waals surface area contributed by atoms with Gasteiger partial charge in [0.25, 0.3) is 0 Å². The van der Waals surface area contributed by atoms with Gasteiger partial charge in [-0.2, -0.15) is 0 Å². The van der Waals surface area contributed by atoms with Crippen molar-refractivity contribution in [3.63, 3.8) is 0 Å². The summed E-state index contributed by atoms with van der Waals surface area (Å²) in [7, 11) is 0. The zero-order chi connectivity index (χ0) is 16.7. The lowest BCUT2D eigenvalue weighted by Crippen LogP contribution is -2.35. The number of aliphatic imine (C=N–C) groups is 2. The molecule has 4 rings (SSSR count). The predicted octanol–water partition coefficient (Wildman–Crippen LogP) is 3.84. The van der Waals surface area contributed by atoms with E-state index in [-0.39, 0.29) is 0 Å².